The van der Waals surface area contributed by atoms with Crippen LogP contribution in [0.5, 0.6) is 17.2 Å². The number of hydrogen-bond acceptors (Lipinski definition) is 8. The highest BCUT2D eigenvalue weighted by Gasteiger charge is 2.13. The number of benzene rings is 2. The molecular formula is C24H24N2O6S. The number of carbonyl (C=O) groups excluding carboxylic acids is 2. The van der Waals surface area contributed by atoms with Gasteiger partial charge in [0.15, 0.2) is 23.2 Å². The van der Waals surface area contributed by atoms with E-state index in [4.69, 9.17) is 18.9 Å². The second-order valence-corrected chi connectivity index (χ2v) is 7.71. The lowest BCUT2D eigenvalue weighted by Gasteiger charge is -2.12. The molecule has 0 fully saturated rings. The van der Waals surface area contributed by atoms with Gasteiger partial charge in [-0.1, -0.05) is 29.8 Å². The van der Waals surface area contributed by atoms with E-state index in [-0.39, 0.29) is 0 Å². The third kappa shape index (κ3) is 6.33. The summed E-state index contributed by atoms with van der Waals surface area (Å²) in [5, 5.41) is 4.92. The average molecular weight is 469 g/mol. The molecule has 0 radical (unpaired) electrons. The number of nitrogens with zero attached hydrogens (tertiary/aromatic N) is 1. The Morgan fingerprint density at radius 1 is 1.03 bits per heavy atom. The molecule has 1 N–H and O–H groups in total. The fourth-order valence-corrected chi connectivity index (χ4v) is 3.63. The number of aromatic nitrogens is 1. The molecule has 3 rings (SSSR count). The van der Waals surface area contributed by atoms with E-state index in [1.54, 1.807) is 12.1 Å². The molecule has 1 aromatic heterocycles. The lowest BCUT2D eigenvalue weighted by Crippen LogP contribution is -2.20. The Labute approximate surface area is 195 Å². The molecular weight excluding hydrogens is 444 g/mol. The molecule has 0 bridgehead atoms. The summed E-state index contributed by atoms with van der Waals surface area (Å²) in [7, 11) is 4.51. The smallest absolute Gasteiger partial charge is 0.331 e. The van der Waals surface area contributed by atoms with Gasteiger partial charge in [-0.2, -0.15) is 0 Å². The molecule has 33 heavy (non-hydrogen) atoms. The standard InChI is InChI=1S/C24H24N2O6S/c1-15-5-8-17(9-6-15)18-14-33-24(25-18)26-21(27)13-32-22(28)10-7-16-11-19(29-2)23(31-4)20(12-16)30-3/h5-12,14H,13H2,1-4H3,(H,25,26,27)/b10-7+. The predicted octanol–water partition coefficient (Wildman–Crippen LogP) is 4.34. The molecule has 2 aromatic carbocycles. The maximum Gasteiger partial charge on any atom is 0.331 e. The second kappa shape index (κ2) is 11.1. The number of hydrogen-bond donors (Lipinski definition) is 1. The van der Waals surface area contributed by atoms with Crippen molar-refractivity contribution in [3.05, 3.63) is 59.0 Å². The number of carbonyl (C=O) groups is 2. The molecule has 0 aliphatic carbocycles. The van der Waals surface area contributed by atoms with Crippen LogP contribution >= 0.6 is 11.3 Å². The van der Waals surface area contributed by atoms with Gasteiger partial charge in [0, 0.05) is 17.0 Å². The molecule has 0 aliphatic rings. The van der Waals surface area contributed by atoms with Gasteiger partial charge in [-0.3, -0.25) is 10.1 Å². The number of amides is 1. The first kappa shape index (κ1) is 23.8. The third-order valence-electron chi connectivity index (χ3n) is 4.54. The molecule has 3 aromatic rings. The fraction of sp³-hybridized carbons (Fsp3) is 0.208. The van der Waals surface area contributed by atoms with Crippen molar-refractivity contribution >= 4 is 34.4 Å². The maximum absolute atomic E-state index is 12.1. The van der Waals surface area contributed by atoms with Crippen LogP contribution in [-0.4, -0.2) is 44.8 Å². The van der Waals surface area contributed by atoms with Crippen molar-refractivity contribution in [2.24, 2.45) is 0 Å². The predicted molar refractivity (Wildman–Crippen MR) is 127 cm³/mol. The Bertz CT molecular complexity index is 1130. The summed E-state index contributed by atoms with van der Waals surface area (Å²) in [6.45, 7) is 1.58. The van der Waals surface area contributed by atoms with Gasteiger partial charge in [0.25, 0.3) is 5.91 Å². The largest absolute Gasteiger partial charge is 0.493 e. The average Bonchev–Trinajstić information content (AvgIpc) is 3.29. The normalized spacial score (nSPS) is 10.7. The van der Waals surface area contributed by atoms with E-state index in [2.05, 4.69) is 10.3 Å². The van der Waals surface area contributed by atoms with Gasteiger partial charge in [-0.25, -0.2) is 9.78 Å². The SMILES string of the molecule is COc1cc(/C=C/C(=O)OCC(=O)Nc2nc(-c3ccc(C)cc3)cs2)cc(OC)c1OC. The Kier molecular flexibility index (Phi) is 8.04. The summed E-state index contributed by atoms with van der Waals surface area (Å²) in [4.78, 5) is 28.6. The fourth-order valence-electron chi connectivity index (χ4n) is 2.89. The number of methoxy groups -OCH3 is 3. The van der Waals surface area contributed by atoms with Crippen molar-refractivity contribution in [2.45, 2.75) is 6.92 Å². The molecule has 0 unspecified atom stereocenters. The first-order valence-corrected chi connectivity index (χ1v) is 10.8. The minimum Gasteiger partial charge on any atom is -0.493 e. The molecule has 0 aliphatic heterocycles. The van der Waals surface area contributed by atoms with E-state index in [0.717, 1.165) is 16.8 Å². The molecule has 8 nitrogen and oxygen atoms in total. The highest BCUT2D eigenvalue weighted by atomic mass is 32.1. The van der Waals surface area contributed by atoms with Gasteiger partial charge < -0.3 is 18.9 Å². The van der Waals surface area contributed by atoms with Gasteiger partial charge in [0.2, 0.25) is 5.75 Å². The van der Waals surface area contributed by atoms with E-state index in [0.29, 0.717) is 27.9 Å². The summed E-state index contributed by atoms with van der Waals surface area (Å²) in [6.07, 6.45) is 2.74. The van der Waals surface area contributed by atoms with E-state index in [1.165, 1.54) is 44.8 Å². The van der Waals surface area contributed by atoms with Gasteiger partial charge in [-0.05, 0) is 30.7 Å². The van der Waals surface area contributed by atoms with E-state index in [9.17, 15) is 9.59 Å². The third-order valence-corrected chi connectivity index (χ3v) is 5.30. The Balaban J connectivity index is 1.54. The summed E-state index contributed by atoms with van der Waals surface area (Å²) < 4.78 is 20.8. The highest BCUT2D eigenvalue weighted by molar-refractivity contribution is 7.14. The van der Waals surface area contributed by atoms with Gasteiger partial charge in [0.1, 0.15) is 0 Å². The van der Waals surface area contributed by atoms with Crippen molar-refractivity contribution in [1.82, 2.24) is 4.98 Å². The van der Waals surface area contributed by atoms with E-state index in [1.807, 2.05) is 36.6 Å². The minimum absolute atomic E-state index is 0.430. The quantitative estimate of drug-likeness (QED) is 0.369. The second-order valence-electron chi connectivity index (χ2n) is 6.85. The van der Waals surface area contributed by atoms with Crippen LogP contribution in [-0.2, 0) is 14.3 Å². The van der Waals surface area contributed by atoms with Gasteiger partial charge >= 0.3 is 5.97 Å². The van der Waals surface area contributed by atoms with Crippen LogP contribution in [0, 0.1) is 6.92 Å². The first-order valence-electron chi connectivity index (χ1n) is 9.90. The van der Waals surface area contributed by atoms with Crippen molar-refractivity contribution in [2.75, 3.05) is 33.3 Å². The molecule has 0 spiro atoms. The number of ether oxygens (including phenoxy) is 4. The molecule has 0 saturated heterocycles. The maximum atomic E-state index is 12.1. The van der Waals surface area contributed by atoms with Crippen molar-refractivity contribution in [1.29, 1.82) is 0 Å². The lowest BCUT2D eigenvalue weighted by molar-refractivity contribution is -0.142. The molecule has 0 atom stereocenters. The molecule has 0 saturated carbocycles. The van der Waals surface area contributed by atoms with Crippen LogP contribution < -0.4 is 19.5 Å². The number of thiazole rings is 1. The van der Waals surface area contributed by atoms with Crippen LogP contribution in [0.4, 0.5) is 5.13 Å². The van der Waals surface area contributed by atoms with Crippen molar-refractivity contribution < 1.29 is 28.5 Å². The lowest BCUT2D eigenvalue weighted by atomic mass is 10.1. The van der Waals surface area contributed by atoms with Crippen molar-refractivity contribution in [3.8, 4) is 28.5 Å². The molecule has 1 heterocycles. The molecule has 9 heteroatoms. The summed E-state index contributed by atoms with van der Waals surface area (Å²) >= 11 is 1.30. The number of nitrogens with one attached hydrogen (secondary N) is 1. The number of rotatable bonds is 9. The zero-order valence-corrected chi connectivity index (χ0v) is 19.5. The Hall–Kier alpha value is -3.85. The van der Waals surface area contributed by atoms with Crippen molar-refractivity contribution in [3.63, 3.8) is 0 Å². The minimum atomic E-state index is -0.668. The van der Waals surface area contributed by atoms with Gasteiger partial charge in [0.05, 0.1) is 27.0 Å². The van der Waals surface area contributed by atoms with E-state index < -0.39 is 18.5 Å². The molecule has 172 valence electrons. The molecule has 1 amide bonds. The van der Waals surface area contributed by atoms with Crippen LogP contribution in [0.15, 0.2) is 47.9 Å². The number of anilines is 1. The first-order chi connectivity index (χ1) is 15.9. The summed E-state index contributed by atoms with van der Waals surface area (Å²) in [5.74, 6) is 0.215. The zero-order valence-electron chi connectivity index (χ0n) is 18.7. The summed E-state index contributed by atoms with van der Waals surface area (Å²) in [6, 6.07) is 11.3. The zero-order chi connectivity index (χ0) is 23.8. The van der Waals surface area contributed by atoms with Crippen LogP contribution in [0.1, 0.15) is 11.1 Å². The van der Waals surface area contributed by atoms with Crippen LogP contribution in [0.3, 0.4) is 0 Å². The number of aryl methyl sites for hydroxylation is 1. The van der Waals surface area contributed by atoms with E-state index >= 15 is 0 Å². The van der Waals surface area contributed by atoms with Gasteiger partial charge in [-0.15, -0.1) is 11.3 Å². The highest BCUT2D eigenvalue weighted by Crippen LogP contribution is 2.38. The van der Waals surface area contributed by atoms with Crippen LogP contribution in [0.25, 0.3) is 17.3 Å². The van der Waals surface area contributed by atoms with Crippen LogP contribution in [0.2, 0.25) is 0 Å². The Morgan fingerprint density at radius 2 is 1.70 bits per heavy atom. The monoisotopic (exact) mass is 468 g/mol. The number of esters is 1. The Morgan fingerprint density at radius 3 is 2.30 bits per heavy atom. The topological polar surface area (TPSA) is 96.0 Å². The summed E-state index contributed by atoms with van der Waals surface area (Å²) in [5.41, 5.74) is 3.52.